The molecule has 6 aromatic carbocycles. The van der Waals surface area contributed by atoms with Gasteiger partial charge >= 0.3 is 11.4 Å². The molecule has 3 saturated heterocycles. The monoisotopic (exact) mass is 1350 g/mol. The first-order valence-corrected chi connectivity index (χ1v) is 33.7. The van der Waals surface area contributed by atoms with Crippen molar-refractivity contribution in [2.24, 2.45) is 0 Å². The average molecular weight is 1350 g/mol. The van der Waals surface area contributed by atoms with Gasteiger partial charge in [-0.15, -0.1) is 0 Å². The molecule has 97 heavy (non-hydrogen) atoms. The van der Waals surface area contributed by atoms with Gasteiger partial charge in [0.05, 0.1) is 42.9 Å². The van der Waals surface area contributed by atoms with Crippen molar-refractivity contribution in [2.75, 3.05) is 92.7 Å². The van der Waals surface area contributed by atoms with Crippen LogP contribution in [-0.4, -0.2) is 128 Å². The number of aryl methyl sites for hydroxylation is 1. The summed E-state index contributed by atoms with van der Waals surface area (Å²) in [5, 5.41) is 26.8. The van der Waals surface area contributed by atoms with E-state index < -0.39 is 11.6 Å². The zero-order valence-corrected chi connectivity index (χ0v) is 56.2. The number of ether oxygens (including phenoxy) is 6. The van der Waals surface area contributed by atoms with E-state index in [1.807, 2.05) is 173 Å². The molecule has 0 spiro atoms. The molecule has 6 atom stereocenters. The SMILES string of the molecule is CCC(C)n1ncn(-c2ccc(NCCNc3ccc(OC[C@@H]4CO[C@](CC5=C[N-]N(CCC(C)n6ncn(-c7ccc(N8CCN(c9ccc(OC[C@@H]%10CO[C@](Cc%11ccnnc%11)(c%11ccccc%11Cl)O%10)cc9)CC8)cc7)c6=O)C=C5)(c5ccc(Cl)c(C)c5)O4)cc3)cc2)c1=O. The zero-order valence-electron chi connectivity index (χ0n) is 54.7. The first-order chi connectivity index (χ1) is 47.3. The molecule has 4 aliphatic heterocycles. The molecule has 0 amide bonds. The fraction of sp³-hybridized carbons (Fsp3) is 0.342. The van der Waals surface area contributed by atoms with Crippen LogP contribution in [0.15, 0.2) is 204 Å². The van der Waals surface area contributed by atoms with Gasteiger partial charge < -0.3 is 59.3 Å². The van der Waals surface area contributed by atoms with Crippen LogP contribution in [0.2, 0.25) is 10.0 Å². The van der Waals surface area contributed by atoms with Crippen LogP contribution in [0.1, 0.15) is 74.4 Å². The van der Waals surface area contributed by atoms with Gasteiger partial charge in [0.1, 0.15) is 49.6 Å². The molecule has 13 rings (SSSR count). The van der Waals surface area contributed by atoms with Crippen molar-refractivity contribution in [3.05, 3.63) is 253 Å². The average Bonchev–Trinajstić information content (AvgIpc) is 1.71. The van der Waals surface area contributed by atoms with Crippen molar-refractivity contribution < 1.29 is 28.4 Å². The standard InChI is InChI=1S/C73H79Cl2N14O8/c1-5-52(3)88-70(90)86(49-81-88)61-15-11-57(12-16-61)76-32-33-77-58-13-23-63(24-14-58)92-45-65-47-94-72(96-65,56-10-27-68(74)51(2)40-56)41-55-30-35-85(80-44-55)34-29-53(4)89-71(91)87(50-82-89)62-19-17-59(18-20-62)83-36-38-84(39-37-83)60-21-25-64(26-22-60)93-46-66-48-95-73(97-66,42-54-28-31-78-79-43-54)67-8-6-7-9-69(67)75/h6-28,30-31,35,40,43-44,49-50,52-53,65-66,76-77H,5,29,32-34,36-39,41-42,45-48H2,1-4H3/q-1/t52?,53?,65-,66-,72+,73+/m1/s1. The van der Waals surface area contributed by atoms with Crippen LogP contribution in [0, 0.1) is 6.92 Å². The van der Waals surface area contributed by atoms with Crippen LogP contribution in [0.4, 0.5) is 22.7 Å². The minimum atomic E-state index is -1.10. The third-order valence-corrected chi connectivity index (χ3v) is 18.9. The first-order valence-electron chi connectivity index (χ1n) is 33.0. The van der Waals surface area contributed by atoms with Crippen molar-refractivity contribution in [2.45, 2.75) is 89.2 Å². The Morgan fingerprint density at radius 1 is 0.639 bits per heavy atom. The van der Waals surface area contributed by atoms with Crippen LogP contribution in [0.25, 0.3) is 16.8 Å². The minimum absolute atomic E-state index is 0.0387. The van der Waals surface area contributed by atoms with Crippen molar-refractivity contribution in [3.63, 3.8) is 0 Å². The largest absolute Gasteiger partial charge is 0.601 e. The molecule has 9 aromatic rings. The number of allylic oxidation sites excluding steroid dienone is 1. The number of nitrogens with zero attached hydrogens (tertiary/aromatic N) is 12. The normalized spacial score (nSPS) is 19.9. The highest BCUT2D eigenvalue weighted by Crippen LogP contribution is 2.43. The Balaban J connectivity index is 0.538. The van der Waals surface area contributed by atoms with Crippen LogP contribution in [-0.2, 0) is 36.9 Å². The number of benzene rings is 6. The van der Waals surface area contributed by atoms with E-state index in [1.54, 1.807) is 34.2 Å². The molecule has 4 aliphatic rings. The highest BCUT2D eigenvalue weighted by molar-refractivity contribution is 6.31. The first kappa shape index (κ1) is 66.2. The molecular formula is C73H79Cl2N14O8-. The summed E-state index contributed by atoms with van der Waals surface area (Å²) >= 11 is 13.2. The lowest BCUT2D eigenvalue weighted by Crippen LogP contribution is -2.46. The van der Waals surface area contributed by atoms with Gasteiger partial charge in [0.25, 0.3) is 0 Å². The number of rotatable bonds is 27. The molecule has 3 aromatic heterocycles. The molecule has 3 fully saturated rings. The van der Waals surface area contributed by atoms with Gasteiger partial charge in [-0.05, 0) is 178 Å². The number of anilines is 4. The zero-order chi connectivity index (χ0) is 66.9. The van der Waals surface area contributed by atoms with Crippen LogP contribution in [0.3, 0.4) is 0 Å². The number of hydrogen-bond acceptors (Lipinski definition) is 17. The topological polar surface area (TPSA) is 209 Å². The van der Waals surface area contributed by atoms with Gasteiger partial charge in [-0.2, -0.15) is 26.6 Å². The third-order valence-electron chi connectivity index (χ3n) is 18.2. The van der Waals surface area contributed by atoms with Gasteiger partial charge in [-0.1, -0.05) is 60.0 Å². The Bertz CT molecular complexity index is 4300. The maximum Gasteiger partial charge on any atom is 0.350 e. The Kier molecular flexibility index (Phi) is 20.4. The molecule has 2 N–H and O–H groups in total. The summed E-state index contributed by atoms with van der Waals surface area (Å²) in [4.78, 5) is 31.5. The molecule has 504 valence electrons. The molecular weight excluding hydrogens is 1270 g/mol. The molecule has 0 aliphatic carbocycles. The smallest absolute Gasteiger partial charge is 0.350 e. The fourth-order valence-electron chi connectivity index (χ4n) is 12.4. The second kappa shape index (κ2) is 29.9. The molecule has 0 saturated carbocycles. The van der Waals surface area contributed by atoms with E-state index in [0.29, 0.717) is 74.5 Å². The van der Waals surface area contributed by atoms with Gasteiger partial charge in [-0.25, -0.2) is 28.1 Å². The number of halogens is 2. The number of aromatic nitrogens is 8. The summed E-state index contributed by atoms with van der Waals surface area (Å²) in [6, 6.07) is 47.1. The Morgan fingerprint density at radius 2 is 1.20 bits per heavy atom. The lowest BCUT2D eigenvalue weighted by atomic mass is 9.96. The van der Waals surface area contributed by atoms with E-state index in [9.17, 15) is 9.59 Å². The van der Waals surface area contributed by atoms with Crippen molar-refractivity contribution in [3.8, 4) is 22.9 Å². The predicted molar refractivity (Wildman–Crippen MR) is 376 cm³/mol. The second-order valence-electron chi connectivity index (χ2n) is 24.8. The summed E-state index contributed by atoms with van der Waals surface area (Å²) in [5.74, 6) is -0.715. The highest BCUT2D eigenvalue weighted by Gasteiger charge is 2.46. The Hall–Kier alpha value is -9.42. The minimum Gasteiger partial charge on any atom is -0.601 e. The molecule has 0 bridgehead atoms. The van der Waals surface area contributed by atoms with Crippen molar-refractivity contribution in [1.29, 1.82) is 0 Å². The maximum atomic E-state index is 13.9. The molecule has 0 radical (unpaired) electrons. The second-order valence-corrected chi connectivity index (χ2v) is 25.7. The lowest BCUT2D eigenvalue weighted by molar-refractivity contribution is -0.178. The van der Waals surface area contributed by atoms with E-state index in [0.717, 1.165) is 100 Å². The van der Waals surface area contributed by atoms with E-state index in [1.165, 1.54) is 9.36 Å². The molecule has 2 unspecified atom stereocenters. The summed E-state index contributed by atoms with van der Waals surface area (Å²) in [7, 11) is 0. The predicted octanol–water partition coefficient (Wildman–Crippen LogP) is 12.2. The molecule has 22 nitrogen and oxygen atoms in total. The Morgan fingerprint density at radius 3 is 1.77 bits per heavy atom. The van der Waals surface area contributed by atoms with E-state index in [4.69, 9.17) is 57.0 Å². The van der Waals surface area contributed by atoms with Gasteiger partial charge in [-0.3, -0.25) is 0 Å². The van der Waals surface area contributed by atoms with Crippen LogP contribution >= 0.6 is 23.2 Å². The summed E-state index contributed by atoms with van der Waals surface area (Å²) in [5.41, 5.74) is 14.5. The number of hydrogen-bond donors (Lipinski definition) is 2. The third kappa shape index (κ3) is 15.4. The number of piperazine rings is 1. The maximum absolute atomic E-state index is 13.9. The summed E-state index contributed by atoms with van der Waals surface area (Å²) < 4.78 is 45.1. The molecule has 7 heterocycles. The van der Waals surface area contributed by atoms with E-state index in [-0.39, 0.29) is 42.3 Å². The molecule has 24 heteroatoms. The van der Waals surface area contributed by atoms with E-state index >= 15 is 0 Å². The van der Waals surface area contributed by atoms with Crippen LogP contribution < -0.4 is 41.3 Å². The van der Waals surface area contributed by atoms with Crippen molar-refractivity contribution in [1.82, 2.24) is 43.9 Å². The van der Waals surface area contributed by atoms with Crippen molar-refractivity contribution >= 4 is 46.0 Å². The van der Waals surface area contributed by atoms with Gasteiger partial charge in [0.15, 0.2) is 5.79 Å². The van der Waals surface area contributed by atoms with E-state index in [2.05, 4.69) is 65.1 Å². The quantitative estimate of drug-likeness (QED) is 0.0459. The highest BCUT2D eigenvalue weighted by atomic mass is 35.5. The Labute approximate surface area is 573 Å². The van der Waals surface area contributed by atoms with Gasteiger partial charge in [0.2, 0.25) is 5.79 Å². The fourth-order valence-corrected chi connectivity index (χ4v) is 12.8. The summed E-state index contributed by atoms with van der Waals surface area (Å²) in [6.45, 7) is 14.6. The van der Waals surface area contributed by atoms with Crippen LogP contribution in [0.5, 0.6) is 11.5 Å². The summed E-state index contributed by atoms with van der Waals surface area (Å²) in [6.07, 6.45) is 14.0. The lowest BCUT2D eigenvalue weighted by Gasteiger charge is -2.39. The number of nitrogens with one attached hydrogen (secondary N) is 2. The van der Waals surface area contributed by atoms with Gasteiger partial charge in [0, 0.05) is 109 Å².